The van der Waals surface area contributed by atoms with Crippen LogP contribution < -0.4 is 5.32 Å². The van der Waals surface area contributed by atoms with Crippen molar-refractivity contribution in [3.05, 3.63) is 21.4 Å². The van der Waals surface area contributed by atoms with Gasteiger partial charge in [-0.25, -0.2) is 0 Å². The van der Waals surface area contributed by atoms with Crippen LogP contribution in [-0.2, 0) is 11.3 Å². The molecule has 4 heteroatoms. The lowest BCUT2D eigenvalue weighted by atomic mass is 10.2. The van der Waals surface area contributed by atoms with Gasteiger partial charge >= 0.3 is 0 Å². The number of hydrogen-bond donors (Lipinski definition) is 1. The summed E-state index contributed by atoms with van der Waals surface area (Å²) in [4.78, 5) is 16.4. The molecule has 1 aromatic rings. The summed E-state index contributed by atoms with van der Waals surface area (Å²) in [5, 5.41) is 3.35. The van der Waals surface area contributed by atoms with Gasteiger partial charge in [-0.2, -0.15) is 0 Å². The normalized spacial score (nSPS) is 10.7. The van der Waals surface area contributed by atoms with E-state index in [-0.39, 0.29) is 5.91 Å². The van der Waals surface area contributed by atoms with Crippen molar-refractivity contribution in [3.63, 3.8) is 0 Å². The van der Waals surface area contributed by atoms with Crippen LogP contribution in [0.3, 0.4) is 0 Å². The molecule has 1 amide bonds. The number of hydrogen-bond acceptors (Lipinski definition) is 3. The molecule has 0 radical (unpaired) electrons. The third-order valence-electron chi connectivity index (χ3n) is 3.09. The summed E-state index contributed by atoms with van der Waals surface area (Å²) >= 11 is 1.83. The Kier molecular flexibility index (Phi) is 6.36. The summed E-state index contributed by atoms with van der Waals surface area (Å²) in [7, 11) is 0. The Morgan fingerprint density at radius 1 is 1.33 bits per heavy atom. The van der Waals surface area contributed by atoms with Crippen molar-refractivity contribution in [2.45, 2.75) is 40.7 Å². The Balaban J connectivity index is 2.26. The average Bonchev–Trinajstić information content (AvgIpc) is 2.65. The first-order chi connectivity index (χ1) is 8.58. The van der Waals surface area contributed by atoms with Crippen molar-refractivity contribution in [2.75, 3.05) is 19.6 Å². The Bertz CT molecular complexity index is 383. The Morgan fingerprint density at radius 2 is 2.00 bits per heavy atom. The zero-order chi connectivity index (χ0) is 13.5. The molecule has 0 bridgehead atoms. The fraction of sp³-hybridized carbons (Fsp3) is 0.643. The lowest BCUT2D eigenvalue weighted by Crippen LogP contribution is -2.32. The standard InChI is InChI=1S/C14H24N2OS/c1-5-16(6-2)14(17)7-8-15-10-13-9-11(3)18-12(13)4/h9,15H,5-8,10H2,1-4H3. The van der Waals surface area contributed by atoms with Gasteiger partial charge in [0.2, 0.25) is 5.91 Å². The Morgan fingerprint density at radius 3 is 2.50 bits per heavy atom. The van der Waals surface area contributed by atoms with Crippen molar-refractivity contribution in [1.29, 1.82) is 0 Å². The van der Waals surface area contributed by atoms with Crippen LogP contribution in [0.2, 0.25) is 0 Å². The summed E-state index contributed by atoms with van der Waals surface area (Å²) < 4.78 is 0. The molecule has 0 saturated carbocycles. The Hall–Kier alpha value is -0.870. The van der Waals surface area contributed by atoms with Crippen molar-refractivity contribution >= 4 is 17.2 Å². The number of thiophene rings is 1. The molecular formula is C14H24N2OS. The van der Waals surface area contributed by atoms with Crippen LogP contribution in [-0.4, -0.2) is 30.4 Å². The van der Waals surface area contributed by atoms with Gasteiger partial charge < -0.3 is 10.2 Å². The van der Waals surface area contributed by atoms with Gasteiger partial charge in [-0.1, -0.05) is 0 Å². The van der Waals surface area contributed by atoms with E-state index in [1.807, 2.05) is 30.1 Å². The highest BCUT2D eigenvalue weighted by molar-refractivity contribution is 7.12. The molecule has 1 heterocycles. The SMILES string of the molecule is CCN(CC)C(=O)CCNCc1cc(C)sc1C. The van der Waals surface area contributed by atoms with Crippen LogP contribution >= 0.6 is 11.3 Å². The van der Waals surface area contributed by atoms with E-state index in [4.69, 9.17) is 0 Å². The highest BCUT2D eigenvalue weighted by Crippen LogP contribution is 2.20. The van der Waals surface area contributed by atoms with Crippen molar-refractivity contribution < 1.29 is 4.79 Å². The second kappa shape index (κ2) is 7.54. The zero-order valence-corrected chi connectivity index (χ0v) is 12.7. The first-order valence-electron chi connectivity index (χ1n) is 6.62. The van der Waals surface area contributed by atoms with Crippen LogP contribution in [0.1, 0.15) is 35.6 Å². The van der Waals surface area contributed by atoms with E-state index < -0.39 is 0 Å². The van der Waals surface area contributed by atoms with Gasteiger partial charge in [0.1, 0.15) is 0 Å². The van der Waals surface area contributed by atoms with Crippen LogP contribution in [0.25, 0.3) is 0 Å². The van der Waals surface area contributed by atoms with Gasteiger partial charge in [-0.3, -0.25) is 4.79 Å². The molecule has 102 valence electrons. The summed E-state index contributed by atoms with van der Waals surface area (Å²) in [6.07, 6.45) is 0.587. The largest absolute Gasteiger partial charge is 0.343 e. The molecule has 1 N–H and O–H groups in total. The molecule has 0 fully saturated rings. The number of aryl methyl sites for hydroxylation is 2. The zero-order valence-electron chi connectivity index (χ0n) is 11.9. The van der Waals surface area contributed by atoms with E-state index in [1.165, 1.54) is 15.3 Å². The minimum Gasteiger partial charge on any atom is -0.343 e. The van der Waals surface area contributed by atoms with Crippen LogP contribution in [0, 0.1) is 13.8 Å². The minimum atomic E-state index is 0.241. The number of amides is 1. The third kappa shape index (κ3) is 4.42. The highest BCUT2D eigenvalue weighted by atomic mass is 32.1. The molecule has 0 aliphatic rings. The molecule has 0 aromatic carbocycles. The van der Waals surface area contributed by atoms with Gasteiger partial charge in [0.15, 0.2) is 0 Å². The molecule has 1 aromatic heterocycles. The average molecular weight is 268 g/mol. The maximum Gasteiger partial charge on any atom is 0.223 e. The molecule has 0 spiro atoms. The van der Waals surface area contributed by atoms with E-state index in [0.29, 0.717) is 6.42 Å². The third-order valence-corrected chi connectivity index (χ3v) is 4.10. The molecule has 18 heavy (non-hydrogen) atoms. The first kappa shape index (κ1) is 15.2. The van der Waals surface area contributed by atoms with E-state index >= 15 is 0 Å². The smallest absolute Gasteiger partial charge is 0.223 e. The van der Waals surface area contributed by atoms with Crippen LogP contribution in [0.5, 0.6) is 0 Å². The predicted molar refractivity (Wildman–Crippen MR) is 78.0 cm³/mol. The van der Waals surface area contributed by atoms with Gasteiger partial charge in [0, 0.05) is 42.4 Å². The van der Waals surface area contributed by atoms with E-state index in [2.05, 4.69) is 25.2 Å². The predicted octanol–water partition coefficient (Wildman–Crippen LogP) is 2.71. The maximum absolute atomic E-state index is 11.8. The van der Waals surface area contributed by atoms with Crippen LogP contribution in [0.15, 0.2) is 6.07 Å². The van der Waals surface area contributed by atoms with E-state index in [0.717, 1.165) is 26.2 Å². The number of rotatable bonds is 7. The van der Waals surface area contributed by atoms with Crippen LogP contribution in [0.4, 0.5) is 0 Å². The minimum absolute atomic E-state index is 0.241. The van der Waals surface area contributed by atoms with Crippen molar-refractivity contribution in [3.8, 4) is 0 Å². The lowest BCUT2D eigenvalue weighted by Gasteiger charge is -2.18. The molecule has 0 saturated heterocycles. The molecule has 0 unspecified atom stereocenters. The molecule has 0 atom stereocenters. The second-order valence-electron chi connectivity index (χ2n) is 4.43. The number of nitrogens with zero attached hydrogens (tertiary/aromatic N) is 1. The lowest BCUT2D eigenvalue weighted by molar-refractivity contribution is -0.130. The fourth-order valence-electron chi connectivity index (χ4n) is 2.01. The van der Waals surface area contributed by atoms with Gasteiger partial charge in [0.05, 0.1) is 0 Å². The summed E-state index contributed by atoms with van der Waals surface area (Å²) in [5.74, 6) is 0.241. The summed E-state index contributed by atoms with van der Waals surface area (Å²) in [5.41, 5.74) is 1.35. The van der Waals surface area contributed by atoms with Gasteiger partial charge in [-0.15, -0.1) is 11.3 Å². The van der Waals surface area contributed by atoms with Gasteiger partial charge in [0.25, 0.3) is 0 Å². The van der Waals surface area contributed by atoms with Crippen molar-refractivity contribution in [2.24, 2.45) is 0 Å². The molecular weight excluding hydrogens is 244 g/mol. The van der Waals surface area contributed by atoms with Gasteiger partial charge in [-0.05, 0) is 39.3 Å². The highest BCUT2D eigenvalue weighted by Gasteiger charge is 2.08. The second-order valence-corrected chi connectivity index (χ2v) is 5.89. The summed E-state index contributed by atoms with van der Waals surface area (Å²) in [6, 6.07) is 2.22. The number of carbonyl (C=O) groups is 1. The number of carbonyl (C=O) groups excluding carboxylic acids is 1. The molecule has 0 aliphatic heterocycles. The quantitative estimate of drug-likeness (QED) is 0.771. The molecule has 0 aliphatic carbocycles. The topological polar surface area (TPSA) is 32.3 Å². The monoisotopic (exact) mass is 268 g/mol. The maximum atomic E-state index is 11.8. The Labute approximate surface area is 114 Å². The first-order valence-corrected chi connectivity index (χ1v) is 7.44. The van der Waals surface area contributed by atoms with E-state index in [9.17, 15) is 4.79 Å². The van der Waals surface area contributed by atoms with E-state index in [1.54, 1.807) is 0 Å². The molecule has 3 nitrogen and oxygen atoms in total. The fourth-order valence-corrected chi connectivity index (χ4v) is 2.96. The van der Waals surface area contributed by atoms with Crippen molar-refractivity contribution in [1.82, 2.24) is 10.2 Å². The summed E-state index contributed by atoms with van der Waals surface area (Å²) in [6.45, 7) is 11.5. The molecule has 1 rings (SSSR count). The number of nitrogens with one attached hydrogen (secondary N) is 1.